The maximum absolute atomic E-state index is 12.7. The lowest BCUT2D eigenvalue weighted by Gasteiger charge is -2.08. The lowest BCUT2D eigenvalue weighted by molar-refractivity contribution is -0.113. The smallest absolute Gasteiger partial charge is 0.239 e. The lowest BCUT2D eigenvalue weighted by atomic mass is 10.1. The molecule has 138 valence electrons. The van der Waals surface area contributed by atoms with Crippen LogP contribution in [0.4, 0.5) is 5.69 Å². The fraction of sp³-hybridized carbons (Fsp3) is 0.0500. The normalized spacial score (nSPS) is 11.2. The van der Waals surface area contributed by atoms with Gasteiger partial charge in [0.15, 0.2) is 0 Å². The summed E-state index contributed by atoms with van der Waals surface area (Å²) in [5.41, 5.74) is 2.40. The van der Waals surface area contributed by atoms with E-state index in [0.29, 0.717) is 10.7 Å². The number of halogens is 2. The van der Waals surface area contributed by atoms with Crippen molar-refractivity contribution in [2.75, 3.05) is 11.2 Å². The predicted molar refractivity (Wildman–Crippen MR) is 108 cm³/mol. The second-order valence-electron chi connectivity index (χ2n) is 5.74. The van der Waals surface area contributed by atoms with Gasteiger partial charge < -0.3 is 5.32 Å². The minimum Gasteiger partial charge on any atom is -0.325 e. The van der Waals surface area contributed by atoms with Crippen molar-refractivity contribution in [1.82, 2.24) is 0 Å². The van der Waals surface area contributed by atoms with E-state index in [9.17, 15) is 13.2 Å². The highest BCUT2D eigenvalue weighted by atomic mass is 35.5. The summed E-state index contributed by atoms with van der Waals surface area (Å²) in [5.74, 6) is -0.383. The average Bonchev–Trinajstić information content (AvgIpc) is 2.69. The summed E-state index contributed by atoms with van der Waals surface area (Å²) >= 11 is 11.3. The molecule has 0 bridgehead atoms. The minimum absolute atomic E-state index is 0.106. The average molecular weight is 420 g/mol. The topological polar surface area (TPSA) is 63.2 Å². The van der Waals surface area contributed by atoms with Crippen molar-refractivity contribution in [3.63, 3.8) is 0 Å². The van der Waals surface area contributed by atoms with E-state index in [1.54, 1.807) is 48.5 Å². The van der Waals surface area contributed by atoms with Gasteiger partial charge in [-0.2, -0.15) is 0 Å². The Hall–Kier alpha value is -2.34. The molecule has 27 heavy (non-hydrogen) atoms. The van der Waals surface area contributed by atoms with Crippen LogP contribution >= 0.6 is 23.2 Å². The van der Waals surface area contributed by atoms with Gasteiger partial charge in [0.1, 0.15) is 5.88 Å². The molecule has 0 aliphatic heterocycles. The van der Waals surface area contributed by atoms with Gasteiger partial charge in [0, 0.05) is 10.7 Å². The Morgan fingerprint density at radius 2 is 1.22 bits per heavy atom. The Morgan fingerprint density at radius 3 is 1.70 bits per heavy atom. The van der Waals surface area contributed by atoms with E-state index in [4.69, 9.17) is 23.2 Å². The van der Waals surface area contributed by atoms with E-state index in [2.05, 4.69) is 5.32 Å². The second kappa shape index (κ2) is 8.13. The molecule has 0 fully saturated rings. The minimum atomic E-state index is -3.60. The van der Waals surface area contributed by atoms with E-state index < -0.39 is 9.84 Å². The molecule has 0 aliphatic rings. The number of nitrogens with one attached hydrogen (secondary N) is 1. The molecular weight excluding hydrogens is 405 g/mol. The molecule has 1 N–H and O–H groups in total. The predicted octanol–water partition coefficient (Wildman–Crippen LogP) is 5.02. The second-order valence-corrected chi connectivity index (χ2v) is 8.39. The summed E-state index contributed by atoms with van der Waals surface area (Å²) in [6.45, 7) is 0. The van der Waals surface area contributed by atoms with E-state index in [0.717, 1.165) is 11.1 Å². The number of amides is 1. The van der Waals surface area contributed by atoms with Crippen LogP contribution in [0.3, 0.4) is 0 Å². The van der Waals surface area contributed by atoms with E-state index in [1.165, 1.54) is 12.1 Å². The van der Waals surface area contributed by atoms with Gasteiger partial charge in [0.2, 0.25) is 15.7 Å². The molecule has 0 unspecified atom stereocenters. The first-order valence-electron chi connectivity index (χ1n) is 7.97. The number of hydrogen-bond donors (Lipinski definition) is 1. The molecule has 0 aliphatic carbocycles. The largest absolute Gasteiger partial charge is 0.325 e. The first kappa shape index (κ1) is 19.4. The highest BCUT2D eigenvalue weighted by Gasteiger charge is 2.17. The van der Waals surface area contributed by atoms with Crippen LogP contribution in [-0.4, -0.2) is 20.2 Å². The Kier molecular flexibility index (Phi) is 5.85. The zero-order chi connectivity index (χ0) is 19.4. The molecule has 0 saturated carbocycles. The molecule has 3 aromatic rings. The van der Waals surface area contributed by atoms with Crippen LogP contribution in [-0.2, 0) is 14.6 Å². The summed E-state index contributed by atoms with van der Waals surface area (Å²) in [4.78, 5) is 11.7. The quantitative estimate of drug-likeness (QED) is 0.590. The van der Waals surface area contributed by atoms with Crippen LogP contribution in [0.1, 0.15) is 0 Å². The molecule has 0 aromatic heterocycles. The molecule has 4 nitrogen and oxygen atoms in total. The number of benzene rings is 3. The van der Waals surface area contributed by atoms with Crippen LogP contribution < -0.4 is 5.32 Å². The molecule has 7 heteroatoms. The summed E-state index contributed by atoms with van der Waals surface area (Å²) in [6, 6.07) is 19.9. The number of alkyl halides is 1. The SMILES string of the molecule is O=C(CCl)Nc1ccc(-c2ccc(S(=O)(=O)c3ccc(Cl)cc3)cc2)cc1. The summed E-state index contributed by atoms with van der Waals surface area (Å²) < 4.78 is 25.3. The third-order valence-corrected chi connectivity index (χ3v) is 6.19. The number of anilines is 1. The van der Waals surface area contributed by atoms with Crippen molar-refractivity contribution in [2.45, 2.75) is 9.79 Å². The maximum Gasteiger partial charge on any atom is 0.239 e. The Balaban J connectivity index is 1.83. The van der Waals surface area contributed by atoms with Gasteiger partial charge in [-0.3, -0.25) is 4.79 Å². The zero-order valence-corrected chi connectivity index (χ0v) is 16.4. The van der Waals surface area contributed by atoms with Gasteiger partial charge in [-0.05, 0) is 59.7 Å². The van der Waals surface area contributed by atoms with Gasteiger partial charge >= 0.3 is 0 Å². The van der Waals surface area contributed by atoms with Gasteiger partial charge in [-0.25, -0.2) is 8.42 Å². The monoisotopic (exact) mass is 419 g/mol. The standard InChI is InChI=1S/C20H15Cl2NO3S/c21-13-20(24)23-17-7-1-14(2-8-17)15-3-9-18(10-4-15)27(25,26)19-11-5-16(22)6-12-19/h1-12H,13H2,(H,23,24). The van der Waals surface area contributed by atoms with Crippen molar-refractivity contribution in [1.29, 1.82) is 0 Å². The van der Waals surface area contributed by atoms with E-state index >= 15 is 0 Å². The first-order chi connectivity index (χ1) is 12.9. The van der Waals surface area contributed by atoms with Crippen molar-refractivity contribution >= 4 is 44.6 Å². The van der Waals surface area contributed by atoms with Gasteiger partial charge in [-0.15, -0.1) is 11.6 Å². The molecular formula is C20H15Cl2NO3S. The zero-order valence-electron chi connectivity index (χ0n) is 14.0. The number of carbonyl (C=O) groups is 1. The number of sulfone groups is 1. The highest BCUT2D eigenvalue weighted by molar-refractivity contribution is 7.91. The van der Waals surface area contributed by atoms with Gasteiger partial charge in [0.05, 0.1) is 9.79 Å². The van der Waals surface area contributed by atoms with Crippen LogP contribution in [0, 0.1) is 0 Å². The summed E-state index contributed by atoms with van der Waals surface area (Å²) in [7, 11) is -3.60. The molecule has 0 spiro atoms. The highest BCUT2D eigenvalue weighted by Crippen LogP contribution is 2.26. The number of hydrogen-bond acceptors (Lipinski definition) is 3. The fourth-order valence-corrected chi connectivity index (χ4v) is 3.97. The van der Waals surface area contributed by atoms with Crippen LogP contribution in [0.5, 0.6) is 0 Å². The lowest BCUT2D eigenvalue weighted by Crippen LogP contribution is -2.12. The Morgan fingerprint density at radius 1 is 0.778 bits per heavy atom. The third-order valence-electron chi connectivity index (χ3n) is 3.91. The summed E-state index contributed by atoms with van der Waals surface area (Å²) in [5, 5.41) is 3.14. The van der Waals surface area contributed by atoms with Crippen molar-refractivity contribution < 1.29 is 13.2 Å². The van der Waals surface area contributed by atoms with Gasteiger partial charge in [0.25, 0.3) is 0 Å². The van der Waals surface area contributed by atoms with Crippen molar-refractivity contribution in [3.8, 4) is 11.1 Å². The summed E-state index contributed by atoms with van der Waals surface area (Å²) in [6.07, 6.45) is 0. The third kappa shape index (κ3) is 4.50. The van der Waals surface area contributed by atoms with Crippen LogP contribution in [0.2, 0.25) is 5.02 Å². The Bertz CT molecular complexity index is 1050. The molecule has 0 atom stereocenters. The van der Waals surface area contributed by atoms with Crippen molar-refractivity contribution in [3.05, 3.63) is 77.8 Å². The molecule has 0 radical (unpaired) electrons. The first-order valence-corrected chi connectivity index (χ1v) is 10.4. The maximum atomic E-state index is 12.7. The number of carbonyl (C=O) groups excluding carboxylic acids is 1. The fourth-order valence-electron chi connectivity index (χ4n) is 2.52. The molecule has 3 aromatic carbocycles. The molecule has 3 rings (SSSR count). The van der Waals surface area contributed by atoms with E-state index in [1.807, 2.05) is 12.1 Å². The van der Waals surface area contributed by atoms with Gasteiger partial charge in [-0.1, -0.05) is 35.9 Å². The number of rotatable bonds is 5. The Labute approximate surface area is 167 Å². The van der Waals surface area contributed by atoms with Crippen LogP contribution in [0.15, 0.2) is 82.6 Å². The molecule has 0 heterocycles. The van der Waals surface area contributed by atoms with E-state index in [-0.39, 0.29) is 21.6 Å². The van der Waals surface area contributed by atoms with Crippen molar-refractivity contribution in [2.24, 2.45) is 0 Å². The molecule has 1 amide bonds. The van der Waals surface area contributed by atoms with Crippen LogP contribution in [0.25, 0.3) is 11.1 Å². The molecule has 0 saturated heterocycles.